The molecule has 2 aliphatic rings. The number of rotatable bonds is 5. The zero-order valence-corrected chi connectivity index (χ0v) is 21.0. The predicted octanol–water partition coefficient (Wildman–Crippen LogP) is 3.51. The van der Waals surface area contributed by atoms with Crippen molar-refractivity contribution in [3.8, 4) is 16.9 Å². The molecule has 1 saturated heterocycles. The monoisotopic (exact) mass is 553 g/mol. The van der Waals surface area contributed by atoms with Crippen LogP contribution in [-0.2, 0) is 4.79 Å². The van der Waals surface area contributed by atoms with Crippen molar-refractivity contribution in [3.05, 3.63) is 75.9 Å². The van der Waals surface area contributed by atoms with E-state index in [2.05, 4.69) is 30.5 Å². The number of aromatic amines is 1. The average molecular weight is 554 g/mol. The number of halogens is 3. The van der Waals surface area contributed by atoms with E-state index in [4.69, 9.17) is 28.9 Å². The second kappa shape index (κ2) is 9.30. The number of primary amides is 1. The fraction of sp³-hybridized carbons (Fsp3) is 0.208. The minimum absolute atomic E-state index is 0.0537. The Hall–Kier alpha value is -4.16. The minimum Gasteiger partial charge on any atom is -0.364 e. The van der Waals surface area contributed by atoms with Crippen LogP contribution >= 0.6 is 23.2 Å². The molecule has 3 aromatic heterocycles. The minimum atomic E-state index is -0.681. The van der Waals surface area contributed by atoms with E-state index in [9.17, 15) is 9.59 Å². The lowest BCUT2D eigenvalue weighted by Gasteiger charge is -2.33. The normalized spacial score (nSPS) is 19.0. The molecule has 3 N–H and O–H groups in total. The molecule has 0 unspecified atom stereocenters. The number of nitrogens with one attached hydrogen (secondary N) is 1. The summed E-state index contributed by atoms with van der Waals surface area (Å²) < 4.78 is 16.6. The quantitative estimate of drug-likeness (QED) is 0.359. The first-order valence-electron chi connectivity index (χ1n) is 11.6. The molecule has 0 saturated carbocycles. The van der Waals surface area contributed by atoms with E-state index < -0.39 is 11.7 Å². The highest BCUT2D eigenvalue weighted by molar-refractivity contribution is 6.32. The molecular formula is C24H18Cl2FN9O2. The average Bonchev–Trinajstić information content (AvgIpc) is 3.66. The number of tetrazole rings is 1. The molecule has 2 aliphatic heterocycles. The number of benzene rings is 1. The van der Waals surface area contributed by atoms with Crippen molar-refractivity contribution in [2.24, 2.45) is 5.73 Å². The van der Waals surface area contributed by atoms with E-state index in [0.29, 0.717) is 47.6 Å². The molecule has 4 aromatic rings. The Bertz CT molecular complexity index is 1620. The maximum Gasteiger partial charge on any atom is 0.267 e. The Morgan fingerprint density at radius 2 is 2.03 bits per heavy atom. The molecule has 0 aliphatic carbocycles. The van der Waals surface area contributed by atoms with Gasteiger partial charge >= 0.3 is 0 Å². The number of carbonyl (C=O) groups excluding carboxylic acids is 2. The number of H-pyrrole nitrogens is 1. The summed E-state index contributed by atoms with van der Waals surface area (Å²) in [5.74, 6) is -0.986. The van der Waals surface area contributed by atoms with Crippen LogP contribution in [0.4, 0.5) is 4.39 Å². The van der Waals surface area contributed by atoms with Crippen LogP contribution in [0, 0.1) is 5.82 Å². The lowest BCUT2D eigenvalue weighted by atomic mass is 9.92. The Kier molecular flexibility index (Phi) is 5.92. The molecule has 1 aromatic carbocycles. The zero-order valence-electron chi connectivity index (χ0n) is 19.5. The number of nitrogens with two attached hydrogens (primary N) is 1. The Labute approximate surface area is 224 Å². The largest absolute Gasteiger partial charge is 0.364 e. The van der Waals surface area contributed by atoms with Gasteiger partial charge in [0.25, 0.3) is 5.91 Å². The van der Waals surface area contributed by atoms with E-state index in [1.807, 2.05) is 0 Å². The Morgan fingerprint density at radius 3 is 2.76 bits per heavy atom. The highest BCUT2D eigenvalue weighted by Gasteiger charge is 2.42. The van der Waals surface area contributed by atoms with E-state index in [0.717, 1.165) is 0 Å². The fourth-order valence-corrected chi connectivity index (χ4v) is 5.53. The maximum absolute atomic E-state index is 15.3. The van der Waals surface area contributed by atoms with Gasteiger partial charge in [0.1, 0.15) is 23.0 Å². The molecular weight excluding hydrogens is 536 g/mol. The van der Waals surface area contributed by atoms with Crippen LogP contribution in [0.15, 0.2) is 42.9 Å². The molecule has 5 heterocycles. The third-order valence-corrected chi connectivity index (χ3v) is 7.38. The van der Waals surface area contributed by atoms with Crippen LogP contribution in [0.25, 0.3) is 22.5 Å². The number of pyridine rings is 1. The molecule has 0 bridgehead atoms. The van der Waals surface area contributed by atoms with Crippen molar-refractivity contribution >= 4 is 40.6 Å². The second-order valence-corrected chi connectivity index (χ2v) is 9.72. The standard InChI is InChI=1S/C24H18Cl2FN9O2/c25-14-3-6-17(35-10-30-33-34-35)20(21(14)27)11-7-12-1-5-18(36(12)19(37)8-11)24-29-9-16(32-24)13-2-4-15(23(28)38)31-22(13)26/h2-4,6,8-10,12,18H,1,5,7H2,(H2,28,38)(H,29,32)/t12-,18+/m1/s1. The first-order chi connectivity index (χ1) is 18.3. The smallest absolute Gasteiger partial charge is 0.267 e. The molecule has 0 spiro atoms. The number of hydrogen-bond acceptors (Lipinski definition) is 7. The van der Waals surface area contributed by atoms with Crippen molar-refractivity contribution in [1.82, 2.24) is 40.1 Å². The molecule has 1 fully saturated rings. The number of nitrogens with zero attached hydrogens (tertiary/aromatic N) is 7. The van der Waals surface area contributed by atoms with E-state index in [1.54, 1.807) is 23.2 Å². The molecule has 11 nitrogen and oxygen atoms in total. The molecule has 38 heavy (non-hydrogen) atoms. The van der Waals surface area contributed by atoms with Crippen LogP contribution in [0.1, 0.15) is 47.2 Å². The Balaban J connectivity index is 1.31. The van der Waals surface area contributed by atoms with Crippen LogP contribution in [0.5, 0.6) is 0 Å². The first kappa shape index (κ1) is 24.2. The summed E-state index contributed by atoms with van der Waals surface area (Å²) in [6.45, 7) is 0. The highest BCUT2D eigenvalue weighted by atomic mass is 35.5. The van der Waals surface area contributed by atoms with Gasteiger partial charge in [-0.05, 0) is 59.5 Å². The second-order valence-electron chi connectivity index (χ2n) is 8.96. The summed E-state index contributed by atoms with van der Waals surface area (Å²) in [4.78, 5) is 38.3. The summed E-state index contributed by atoms with van der Waals surface area (Å²) in [6, 6.07) is 5.69. The van der Waals surface area contributed by atoms with E-state index >= 15 is 4.39 Å². The van der Waals surface area contributed by atoms with Crippen molar-refractivity contribution < 1.29 is 14.0 Å². The van der Waals surface area contributed by atoms with Crippen molar-refractivity contribution in [2.45, 2.75) is 31.3 Å². The summed E-state index contributed by atoms with van der Waals surface area (Å²) in [5, 5.41) is 11.2. The molecule has 2 atom stereocenters. The highest BCUT2D eigenvalue weighted by Crippen LogP contribution is 2.44. The fourth-order valence-electron chi connectivity index (χ4n) is 5.12. The molecule has 0 radical (unpaired) electrons. The van der Waals surface area contributed by atoms with Gasteiger partial charge in [0.15, 0.2) is 5.82 Å². The van der Waals surface area contributed by atoms with Gasteiger partial charge in [0.2, 0.25) is 5.91 Å². The first-order valence-corrected chi connectivity index (χ1v) is 12.3. The summed E-state index contributed by atoms with van der Waals surface area (Å²) in [7, 11) is 0. The maximum atomic E-state index is 15.3. The van der Waals surface area contributed by atoms with E-state index in [1.165, 1.54) is 29.2 Å². The third kappa shape index (κ3) is 4.02. The number of fused-ring (bicyclic) bond motifs is 1. The van der Waals surface area contributed by atoms with Crippen molar-refractivity contribution in [1.29, 1.82) is 0 Å². The van der Waals surface area contributed by atoms with Gasteiger partial charge in [0, 0.05) is 23.2 Å². The molecule has 2 amide bonds. The third-order valence-electron chi connectivity index (χ3n) is 6.80. The summed E-state index contributed by atoms with van der Waals surface area (Å²) in [5.41, 5.74) is 7.57. The Morgan fingerprint density at radius 1 is 1.18 bits per heavy atom. The van der Waals surface area contributed by atoms with Crippen LogP contribution in [-0.4, -0.2) is 57.9 Å². The number of imidazole rings is 1. The number of aromatic nitrogens is 7. The number of hydrogen-bond donors (Lipinski definition) is 2. The SMILES string of the molecule is NC(=O)c1ccc(-c2cnc([C@@H]3CC[C@@H]4CC(c5c(-n6cnnn6)ccc(Cl)c5F)=CC(=O)N43)[nH]2)c(Cl)n1. The van der Waals surface area contributed by atoms with E-state index in [-0.39, 0.29) is 39.4 Å². The molecule has 6 rings (SSSR count). The summed E-state index contributed by atoms with van der Waals surface area (Å²) >= 11 is 12.4. The lowest BCUT2D eigenvalue weighted by Crippen LogP contribution is -2.39. The predicted molar refractivity (Wildman–Crippen MR) is 135 cm³/mol. The van der Waals surface area contributed by atoms with Gasteiger partial charge in [0.05, 0.1) is 28.6 Å². The van der Waals surface area contributed by atoms with Gasteiger partial charge in [-0.3, -0.25) is 9.59 Å². The van der Waals surface area contributed by atoms with Crippen LogP contribution in [0.3, 0.4) is 0 Å². The van der Waals surface area contributed by atoms with Crippen molar-refractivity contribution in [3.63, 3.8) is 0 Å². The van der Waals surface area contributed by atoms with Crippen LogP contribution in [0.2, 0.25) is 10.2 Å². The van der Waals surface area contributed by atoms with Gasteiger partial charge < -0.3 is 15.6 Å². The van der Waals surface area contributed by atoms with Crippen LogP contribution < -0.4 is 5.73 Å². The van der Waals surface area contributed by atoms with Gasteiger partial charge in [-0.25, -0.2) is 14.4 Å². The van der Waals surface area contributed by atoms with Gasteiger partial charge in [-0.15, -0.1) is 5.10 Å². The van der Waals surface area contributed by atoms with Gasteiger partial charge in [-0.1, -0.05) is 23.2 Å². The topological polar surface area (TPSA) is 149 Å². The molecule has 192 valence electrons. The zero-order chi connectivity index (χ0) is 26.6. The van der Waals surface area contributed by atoms with Crippen molar-refractivity contribution in [2.75, 3.05) is 0 Å². The lowest BCUT2D eigenvalue weighted by molar-refractivity contribution is -0.129. The number of amides is 2. The summed E-state index contributed by atoms with van der Waals surface area (Å²) in [6.07, 6.45) is 6.17. The molecule has 14 heteroatoms. The number of carbonyl (C=O) groups is 2. The van der Waals surface area contributed by atoms with Gasteiger partial charge in [-0.2, -0.15) is 4.68 Å².